The Kier molecular flexibility index (Phi) is 5.24. The molecule has 6 nitrogen and oxygen atoms in total. The van der Waals surface area contributed by atoms with Crippen LogP contribution in [0.2, 0.25) is 0 Å². The number of benzene rings is 1. The molecule has 0 aliphatic carbocycles. The second-order valence-corrected chi connectivity index (χ2v) is 7.37. The van der Waals surface area contributed by atoms with E-state index in [2.05, 4.69) is 5.32 Å². The molecule has 1 N–H and O–H groups in total. The number of hydrogen-bond acceptors (Lipinski definition) is 5. The Morgan fingerprint density at radius 3 is 2.45 bits per heavy atom. The molecule has 0 saturated heterocycles. The lowest BCUT2D eigenvalue weighted by molar-refractivity contribution is -0.385. The van der Waals surface area contributed by atoms with Gasteiger partial charge in [0.05, 0.1) is 10.7 Å². The smallest absolute Gasteiger partial charge is 0.272 e. The van der Waals surface area contributed by atoms with Crippen LogP contribution in [-0.2, 0) is 9.84 Å². The van der Waals surface area contributed by atoms with Crippen LogP contribution in [-0.4, -0.2) is 31.4 Å². The van der Waals surface area contributed by atoms with Gasteiger partial charge in [-0.3, -0.25) is 10.1 Å². The van der Waals surface area contributed by atoms with Crippen molar-refractivity contribution in [2.24, 2.45) is 0 Å². The number of rotatable bonds is 6. The van der Waals surface area contributed by atoms with E-state index in [9.17, 15) is 18.5 Å². The molecule has 112 valence electrons. The minimum absolute atomic E-state index is 0.0330. The topological polar surface area (TPSA) is 89.3 Å². The van der Waals surface area contributed by atoms with Crippen molar-refractivity contribution in [3.63, 3.8) is 0 Å². The van der Waals surface area contributed by atoms with E-state index in [1.54, 1.807) is 19.9 Å². The van der Waals surface area contributed by atoms with Gasteiger partial charge in [0.1, 0.15) is 9.84 Å². The summed E-state index contributed by atoms with van der Waals surface area (Å²) >= 11 is 0. The third kappa shape index (κ3) is 4.90. The molecule has 1 rings (SSSR count). The molecule has 2 unspecified atom stereocenters. The molecule has 0 saturated carbocycles. The highest BCUT2D eigenvalue weighted by Gasteiger charge is 2.17. The average molecular weight is 300 g/mol. The normalized spacial score (nSPS) is 14.8. The number of sulfone groups is 1. The summed E-state index contributed by atoms with van der Waals surface area (Å²) in [5.74, 6) is 0.0330. The monoisotopic (exact) mass is 300 g/mol. The second-order valence-electron chi connectivity index (χ2n) is 5.18. The van der Waals surface area contributed by atoms with Crippen molar-refractivity contribution in [1.29, 1.82) is 0 Å². The fourth-order valence-electron chi connectivity index (χ4n) is 2.12. The zero-order chi connectivity index (χ0) is 15.5. The van der Waals surface area contributed by atoms with Crippen LogP contribution in [0.3, 0.4) is 0 Å². The molecule has 0 bridgehead atoms. The van der Waals surface area contributed by atoms with Gasteiger partial charge in [-0.05, 0) is 26.3 Å². The van der Waals surface area contributed by atoms with Crippen molar-refractivity contribution in [2.45, 2.75) is 32.9 Å². The molecule has 2 atom stereocenters. The van der Waals surface area contributed by atoms with Gasteiger partial charge in [0.15, 0.2) is 0 Å². The van der Waals surface area contributed by atoms with Crippen molar-refractivity contribution in [1.82, 2.24) is 5.32 Å². The second kappa shape index (κ2) is 6.32. The molecule has 0 spiro atoms. The highest BCUT2D eigenvalue weighted by molar-refractivity contribution is 7.90. The Balaban J connectivity index is 2.85. The quantitative estimate of drug-likeness (QED) is 0.641. The number of nitrogens with one attached hydrogen (secondary N) is 1. The zero-order valence-electron chi connectivity index (χ0n) is 12.1. The largest absolute Gasteiger partial charge is 0.307 e. The van der Waals surface area contributed by atoms with E-state index in [-0.39, 0.29) is 23.5 Å². The van der Waals surface area contributed by atoms with Crippen LogP contribution in [0, 0.1) is 17.0 Å². The van der Waals surface area contributed by atoms with E-state index in [4.69, 9.17) is 0 Å². The first-order valence-corrected chi connectivity index (χ1v) is 8.35. The Bertz CT molecular complexity index is 598. The number of nitro groups is 1. The third-order valence-electron chi connectivity index (χ3n) is 3.02. The van der Waals surface area contributed by atoms with E-state index < -0.39 is 14.8 Å². The number of nitrogens with zero attached hydrogens (tertiary/aromatic N) is 1. The minimum atomic E-state index is -3.05. The van der Waals surface area contributed by atoms with Crippen LogP contribution < -0.4 is 5.32 Å². The maximum absolute atomic E-state index is 11.2. The van der Waals surface area contributed by atoms with Gasteiger partial charge in [-0.1, -0.05) is 12.1 Å². The number of nitro benzene ring substituents is 1. The molecule has 0 aromatic heterocycles. The van der Waals surface area contributed by atoms with Crippen LogP contribution in [0.15, 0.2) is 18.2 Å². The maximum Gasteiger partial charge on any atom is 0.272 e. The van der Waals surface area contributed by atoms with E-state index >= 15 is 0 Å². The molecule has 0 radical (unpaired) electrons. The molecule has 0 amide bonds. The Morgan fingerprint density at radius 1 is 1.35 bits per heavy atom. The van der Waals surface area contributed by atoms with Gasteiger partial charge in [-0.15, -0.1) is 0 Å². The summed E-state index contributed by atoms with van der Waals surface area (Å²) in [4.78, 5) is 10.5. The molecule has 0 fully saturated rings. The summed E-state index contributed by atoms with van der Waals surface area (Å²) in [5, 5.41) is 14.0. The first-order chi connectivity index (χ1) is 9.10. The fourth-order valence-corrected chi connectivity index (χ4v) is 3.12. The summed E-state index contributed by atoms with van der Waals surface area (Å²) in [6.07, 6.45) is 1.19. The maximum atomic E-state index is 11.2. The third-order valence-corrected chi connectivity index (χ3v) is 4.12. The molecular formula is C13H20N2O4S. The summed E-state index contributed by atoms with van der Waals surface area (Å²) in [5.41, 5.74) is 1.45. The zero-order valence-corrected chi connectivity index (χ0v) is 12.9. The molecule has 0 aliphatic rings. The lowest BCUT2D eigenvalue weighted by atomic mass is 10.0. The van der Waals surface area contributed by atoms with Crippen LogP contribution in [0.1, 0.15) is 31.0 Å². The lowest BCUT2D eigenvalue weighted by Gasteiger charge is -2.19. The summed E-state index contributed by atoms with van der Waals surface area (Å²) in [6, 6.07) is 4.66. The van der Waals surface area contributed by atoms with Crippen molar-refractivity contribution < 1.29 is 13.3 Å². The Morgan fingerprint density at radius 2 is 1.95 bits per heavy atom. The molecular weight excluding hydrogens is 280 g/mol. The van der Waals surface area contributed by atoms with Crippen LogP contribution >= 0.6 is 0 Å². The predicted octanol–water partition coefficient (Wildman–Crippen LogP) is 1.99. The first-order valence-electron chi connectivity index (χ1n) is 6.29. The SMILES string of the molecule is Cc1ccc(C(C)NC(C)CS(C)(=O)=O)cc1[N+](=O)[O-]. The van der Waals surface area contributed by atoms with Crippen LogP contribution in [0.4, 0.5) is 5.69 Å². The highest BCUT2D eigenvalue weighted by Crippen LogP contribution is 2.23. The van der Waals surface area contributed by atoms with E-state index in [1.165, 1.54) is 12.3 Å². The molecule has 0 heterocycles. The van der Waals surface area contributed by atoms with Gasteiger partial charge < -0.3 is 5.32 Å². The molecule has 1 aromatic rings. The molecule has 1 aromatic carbocycles. The number of aryl methyl sites for hydroxylation is 1. The van der Waals surface area contributed by atoms with Gasteiger partial charge in [0, 0.05) is 30.0 Å². The van der Waals surface area contributed by atoms with E-state index in [0.29, 0.717) is 5.56 Å². The molecule has 0 aliphatic heterocycles. The summed E-state index contributed by atoms with van der Waals surface area (Å²) in [6.45, 7) is 5.32. The molecule has 7 heteroatoms. The van der Waals surface area contributed by atoms with Crippen molar-refractivity contribution in [2.75, 3.05) is 12.0 Å². The van der Waals surface area contributed by atoms with Crippen LogP contribution in [0.25, 0.3) is 0 Å². The Labute approximate surface area is 119 Å². The van der Waals surface area contributed by atoms with Gasteiger partial charge in [-0.25, -0.2) is 8.42 Å². The lowest BCUT2D eigenvalue weighted by Crippen LogP contribution is -2.34. The molecule has 20 heavy (non-hydrogen) atoms. The van der Waals surface area contributed by atoms with Gasteiger partial charge in [0.2, 0.25) is 0 Å². The number of hydrogen-bond donors (Lipinski definition) is 1. The standard InChI is InChI=1S/C13H20N2O4S/c1-9-5-6-12(7-13(9)15(16)17)11(3)14-10(2)8-20(4,18)19/h5-7,10-11,14H,8H2,1-4H3. The van der Waals surface area contributed by atoms with E-state index in [1.807, 2.05) is 13.0 Å². The predicted molar refractivity (Wildman–Crippen MR) is 78.6 cm³/mol. The highest BCUT2D eigenvalue weighted by atomic mass is 32.2. The fraction of sp³-hybridized carbons (Fsp3) is 0.538. The van der Waals surface area contributed by atoms with Crippen LogP contribution in [0.5, 0.6) is 0 Å². The van der Waals surface area contributed by atoms with Gasteiger partial charge >= 0.3 is 0 Å². The summed E-state index contributed by atoms with van der Waals surface area (Å²) in [7, 11) is -3.05. The van der Waals surface area contributed by atoms with Crippen molar-refractivity contribution in [3.05, 3.63) is 39.4 Å². The van der Waals surface area contributed by atoms with Crippen molar-refractivity contribution in [3.8, 4) is 0 Å². The first kappa shape index (κ1) is 16.6. The van der Waals surface area contributed by atoms with Gasteiger partial charge in [-0.2, -0.15) is 0 Å². The summed E-state index contributed by atoms with van der Waals surface area (Å²) < 4.78 is 22.4. The minimum Gasteiger partial charge on any atom is -0.307 e. The average Bonchev–Trinajstić information content (AvgIpc) is 2.26. The van der Waals surface area contributed by atoms with E-state index in [0.717, 1.165) is 5.56 Å². The van der Waals surface area contributed by atoms with Crippen molar-refractivity contribution >= 4 is 15.5 Å². The Hall–Kier alpha value is -1.47. The van der Waals surface area contributed by atoms with Gasteiger partial charge in [0.25, 0.3) is 5.69 Å².